The number of thiazole rings is 1. The molecule has 0 spiro atoms. The number of hydrogen-bond acceptors (Lipinski definition) is 5. The molecule has 132 valence electrons. The highest BCUT2D eigenvalue weighted by Gasteiger charge is 2.41. The summed E-state index contributed by atoms with van der Waals surface area (Å²) in [5.41, 5.74) is 0.915. The molecule has 24 heavy (non-hydrogen) atoms. The number of sulfonamides is 1. The van der Waals surface area contributed by atoms with Gasteiger partial charge in [-0.2, -0.15) is 4.31 Å². The van der Waals surface area contributed by atoms with Crippen LogP contribution in [0.4, 0.5) is 9.93 Å². The highest BCUT2D eigenvalue weighted by molar-refractivity contribution is 7.90. The second kappa shape index (κ2) is 6.27. The smallest absolute Gasteiger partial charge is 0.321 e. The molecule has 2 saturated carbocycles. The number of urea groups is 1. The number of rotatable bonds is 4. The maximum absolute atomic E-state index is 12.4. The number of aromatic nitrogens is 1. The standard InChI is InChI=1S/C15H22N4O3S2/c20-14(16-10-3-1-2-4-10)18-15-17-12-7-8-19(9-13(12)23-15)24(21,22)11-5-6-11/h10-11H,1-9H2,(H2,16,17,18,20). The quantitative estimate of drug-likeness (QED) is 0.849. The van der Waals surface area contributed by atoms with Crippen LogP contribution in [0, 0.1) is 0 Å². The molecule has 3 aliphatic rings. The van der Waals surface area contributed by atoms with Crippen molar-refractivity contribution < 1.29 is 13.2 Å². The molecule has 1 aliphatic heterocycles. The first kappa shape index (κ1) is 16.3. The Balaban J connectivity index is 1.40. The number of nitrogens with zero attached hydrogens (tertiary/aromatic N) is 2. The maximum atomic E-state index is 12.4. The summed E-state index contributed by atoms with van der Waals surface area (Å²) >= 11 is 1.38. The van der Waals surface area contributed by atoms with E-state index in [4.69, 9.17) is 0 Å². The molecule has 0 radical (unpaired) electrons. The first-order valence-electron chi connectivity index (χ1n) is 8.57. The Bertz CT molecular complexity index is 736. The average molecular weight is 371 g/mol. The van der Waals surface area contributed by atoms with E-state index >= 15 is 0 Å². The van der Waals surface area contributed by atoms with Gasteiger partial charge in [-0.05, 0) is 25.7 Å². The van der Waals surface area contributed by atoms with Crippen molar-refractivity contribution in [2.24, 2.45) is 0 Å². The van der Waals surface area contributed by atoms with E-state index in [1.165, 1.54) is 24.2 Å². The highest BCUT2D eigenvalue weighted by atomic mass is 32.2. The van der Waals surface area contributed by atoms with Gasteiger partial charge in [-0.1, -0.05) is 24.2 Å². The zero-order valence-corrected chi connectivity index (χ0v) is 15.1. The zero-order valence-electron chi connectivity index (χ0n) is 13.5. The summed E-state index contributed by atoms with van der Waals surface area (Å²) in [5, 5.41) is 6.16. The van der Waals surface area contributed by atoms with E-state index in [1.807, 2.05) is 0 Å². The van der Waals surface area contributed by atoms with Crippen LogP contribution < -0.4 is 10.6 Å². The third-order valence-corrected chi connectivity index (χ3v) is 8.26. The van der Waals surface area contributed by atoms with Crippen molar-refractivity contribution in [3.8, 4) is 0 Å². The highest BCUT2D eigenvalue weighted by Crippen LogP contribution is 2.35. The SMILES string of the molecule is O=C(Nc1nc2c(s1)CN(S(=O)(=O)C1CC1)CC2)NC1CCCC1. The monoisotopic (exact) mass is 370 g/mol. The van der Waals surface area contributed by atoms with Crippen LogP contribution in [0.5, 0.6) is 0 Å². The van der Waals surface area contributed by atoms with E-state index in [1.54, 1.807) is 4.31 Å². The summed E-state index contributed by atoms with van der Waals surface area (Å²) in [6.07, 6.45) is 6.59. The van der Waals surface area contributed by atoms with E-state index in [9.17, 15) is 13.2 Å². The molecule has 0 atom stereocenters. The number of hydrogen-bond donors (Lipinski definition) is 2. The molecule has 2 amide bonds. The fourth-order valence-corrected chi connectivity index (χ4v) is 6.32. The molecular weight excluding hydrogens is 348 g/mol. The number of anilines is 1. The van der Waals surface area contributed by atoms with E-state index < -0.39 is 10.0 Å². The number of amides is 2. The summed E-state index contributed by atoms with van der Waals surface area (Å²) in [5.74, 6) is 0. The van der Waals surface area contributed by atoms with Crippen LogP contribution >= 0.6 is 11.3 Å². The van der Waals surface area contributed by atoms with Gasteiger partial charge >= 0.3 is 6.03 Å². The second-order valence-electron chi connectivity index (χ2n) is 6.80. The zero-order chi connectivity index (χ0) is 16.7. The van der Waals surface area contributed by atoms with Crippen LogP contribution in [0.25, 0.3) is 0 Å². The fraction of sp³-hybridized carbons (Fsp3) is 0.733. The first-order valence-corrected chi connectivity index (χ1v) is 10.9. The van der Waals surface area contributed by atoms with Crippen molar-refractivity contribution in [1.82, 2.24) is 14.6 Å². The van der Waals surface area contributed by atoms with Crippen molar-refractivity contribution in [3.63, 3.8) is 0 Å². The first-order chi connectivity index (χ1) is 11.5. The predicted molar refractivity (Wildman–Crippen MR) is 92.6 cm³/mol. The van der Waals surface area contributed by atoms with Gasteiger partial charge in [0.15, 0.2) is 5.13 Å². The van der Waals surface area contributed by atoms with Crippen LogP contribution in [-0.2, 0) is 23.0 Å². The molecule has 2 N–H and O–H groups in total. The van der Waals surface area contributed by atoms with E-state index in [0.29, 0.717) is 24.6 Å². The van der Waals surface area contributed by atoms with Gasteiger partial charge < -0.3 is 5.32 Å². The number of carbonyl (C=O) groups is 1. The summed E-state index contributed by atoms with van der Waals surface area (Å²) in [4.78, 5) is 17.5. The summed E-state index contributed by atoms with van der Waals surface area (Å²) < 4.78 is 26.3. The lowest BCUT2D eigenvalue weighted by atomic mass is 10.2. The maximum Gasteiger partial charge on any atom is 0.321 e. The number of fused-ring (bicyclic) bond motifs is 1. The van der Waals surface area contributed by atoms with Crippen LogP contribution in [0.15, 0.2) is 0 Å². The van der Waals surface area contributed by atoms with Crippen LogP contribution in [0.1, 0.15) is 49.1 Å². The molecule has 2 fully saturated rings. The third-order valence-electron chi connectivity index (χ3n) is 4.91. The second-order valence-corrected chi connectivity index (χ2v) is 10.1. The largest absolute Gasteiger partial charge is 0.335 e. The molecule has 1 aromatic rings. The van der Waals surface area contributed by atoms with Crippen LogP contribution in [-0.4, -0.2) is 41.6 Å². The molecule has 4 rings (SSSR count). The normalized spacial score (nSPS) is 22.3. The van der Waals surface area contributed by atoms with Crippen molar-refractivity contribution in [3.05, 3.63) is 10.6 Å². The Labute approximate surface area is 145 Å². The Morgan fingerprint density at radius 2 is 1.96 bits per heavy atom. The molecule has 1 aromatic heterocycles. The lowest BCUT2D eigenvalue weighted by Gasteiger charge is -2.25. The van der Waals surface area contributed by atoms with Crippen molar-refractivity contribution in [1.29, 1.82) is 0 Å². The molecule has 9 heteroatoms. The Hall–Kier alpha value is -1.19. The Kier molecular flexibility index (Phi) is 4.26. The summed E-state index contributed by atoms with van der Waals surface area (Å²) in [6.45, 7) is 0.876. The summed E-state index contributed by atoms with van der Waals surface area (Å²) in [6, 6.07) is 0.0502. The molecular formula is C15H22N4O3S2. The van der Waals surface area contributed by atoms with Crippen LogP contribution in [0.2, 0.25) is 0 Å². The van der Waals surface area contributed by atoms with Gasteiger partial charge in [0.25, 0.3) is 0 Å². The molecule has 2 heterocycles. The fourth-order valence-electron chi connectivity index (χ4n) is 3.41. The van der Waals surface area contributed by atoms with Crippen LogP contribution in [0.3, 0.4) is 0 Å². The Morgan fingerprint density at radius 3 is 2.67 bits per heavy atom. The Morgan fingerprint density at radius 1 is 1.21 bits per heavy atom. The van der Waals surface area contributed by atoms with E-state index in [-0.39, 0.29) is 17.3 Å². The molecule has 0 aromatic carbocycles. The number of carbonyl (C=O) groups excluding carboxylic acids is 1. The predicted octanol–water partition coefficient (Wildman–Crippen LogP) is 2.06. The minimum absolute atomic E-state index is 0.179. The van der Waals surface area contributed by atoms with Gasteiger partial charge in [-0.3, -0.25) is 5.32 Å². The van der Waals surface area contributed by atoms with Crippen molar-refractivity contribution in [2.45, 2.75) is 62.8 Å². The van der Waals surface area contributed by atoms with Gasteiger partial charge in [0.1, 0.15) is 0 Å². The molecule has 0 unspecified atom stereocenters. The molecule has 0 bridgehead atoms. The molecule has 2 aliphatic carbocycles. The average Bonchev–Trinajstić information content (AvgIpc) is 3.15. The van der Waals surface area contributed by atoms with E-state index in [0.717, 1.165) is 36.3 Å². The van der Waals surface area contributed by atoms with E-state index in [2.05, 4.69) is 15.6 Å². The lowest BCUT2D eigenvalue weighted by Crippen LogP contribution is -2.37. The minimum Gasteiger partial charge on any atom is -0.335 e. The number of nitrogens with one attached hydrogen (secondary N) is 2. The molecule has 7 nitrogen and oxygen atoms in total. The van der Waals surface area contributed by atoms with Crippen molar-refractivity contribution in [2.75, 3.05) is 11.9 Å². The minimum atomic E-state index is -3.15. The molecule has 0 saturated heterocycles. The topological polar surface area (TPSA) is 91.4 Å². The summed E-state index contributed by atoms with van der Waals surface area (Å²) in [7, 11) is -3.15. The van der Waals surface area contributed by atoms with Gasteiger partial charge in [0.05, 0.1) is 10.9 Å². The third kappa shape index (κ3) is 3.29. The van der Waals surface area contributed by atoms with Gasteiger partial charge in [-0.25, -0.2) is 18.2 Å². The van der Waals surface area contributed by atoms with Crippen molar-refractivity contribution >= 4 is 32.5 Å². The van der Waals surface area contributed by atoms with Gasteiger partial charge in [0.2, 0.25) is 10.0 Å². The lowest BCUT2D eigenvalue weighted by molar-refractivity contribution is 0.248. The van der Waals surface area contributed by atoms with Gasteiger partial charge in [0, 0.05) is 30.4 Å². The van der Waals surface area contributed by atoms with Gasteiger partial charge in [-0.15, -0.1) is 0 Å².